The molecule has 0 atom stereocenters. The second-order valence-electron chi connectivity index (χ2n) is 5.66. The van der Waals surface area contributed by atoms with Crippen LogP contribution in [0.2, 0.25) is 0 Å². The van der Waals surface area contributed by atoms with E-state index in [4.69, 9.17) is 0 Å². The van der Waals surface area contributed by atoms with Crippen molar-refractivity contribution in [3.8, 4) is 0 Å². The van der Waals surface area contributed by atoms with E-state index in [0.29, 0.717) is 13.1 Å². The lowest BCUT2D eigenvalue weighted by Gasteiger charge is -2.35. The number of urea groups is 1. The highest BCUT2D eigenvalue weighted by Crippen LogP contribution is 2.17. The highest BCUT2D eigenvalue weighted by Gasteiger charge is 2.21. The number of aryl methyl sites for hydroxylation is 1. The Hall–Kier alpha value is -2.38. The number of nitrogens with one attached hydrogen (secondary N) is 1. The monoisotopic (exact) mass is 317 g/mol. The van der Waals surface area contributed by atoms with Gasteiger partial charge in [0.05, 0.1) is 11.9 Å². The van der Waals surface area contributed by atoms with Crippen LogP contribution in [0.4, 0.5) is 10.5 Å². The lowest BCUT2D eigenvalue weighted by molar-refractivity contribution is 0.194. The van der Waals surface area contributed by atoms with E-state index in [2.05, 4.69) is 32.4 Å². The number of fused-ring (bicyclic) bond motifs is 1. The van der Waals surface area contributed by atoms with Gasteiger partial charge in [-0.05, 0) is 6.42 Å². The van der Waals surface area contributed by atoms with Gasteiger partial charge in [0.1, 0.15) is 0 Å². The molecule has 1 saturated heterocycles. The first-order chi connectivity index (χ1) is 11.2. The SMILES string of the molecule is CCCNC(=O)N1CCN(c2cnn3c(CC)nnc3c2)CC1. The van der Waals surface area contributed by atoms with Crippen molar-refractivity contribution < 1.29 is 4.79 Å². The number of piperazine rings is 1. The van der Waals surface area contributed by atoms with E-state index in [-0.39, 0.29) is 6.03 Å². The van der Waals surface area contributed by atoms with Crippen LogP contribution in [-0.2, 0) is 6.42 Å². The summed E-state index contributed by atoms with van der Waals surface area (Å²) in [6.45, 7) is 7.84. The van der Waals surface area contributed by atoms with Gasteiger partial charge in [0.2, 0.25) is 0 Å². The Kier molecular flexibility index (Phi) is 4.59. The molecule has 0 spiro atoms. The van der Waals surface area contributed by atoms with Crippen LogP contribution in [0, 0.1) is 0 Å². The van der Waals surface area contributed by atoms with Crippen LogP contribution in [0.5, 0.6) is 0 Å². The highest BCUT2D eigenvalue weighted by molar-refractivity contribution is 5.74. The predicted molar refractivity (Wildman–Crippen MR) is 87.6 cm³/mol. The van der Waals surface area contributed by atoms with Crippen LogP contribution in [0.15, 0.2) is 12.3 Å². The van der Waals surface area contributed by atoms with E-state index >= 15 is 0 Å². The van der Waals surface area contributed by atoms with Gasteiger partial charge >= 0.3 is 6.03 Å². The molecule has 0 unspecified atom stereocenters. The molecule has 2 aromatic heterocycles. The van der Waals surface area contributed by atoms with Crippen LogP contribution in [-0.4, -0.2) is 63.5 Å². The van der Waals surface area contributed by atoms with Crippen molar-refractivity contribution in [3.05, 3.63) is 18.1 Å². The van der Waals surface area contributed by atoms with Crippen molar-refractivity contribution in [3.63, 3.8) is 0 Å². The third kappa shape index (κ3) is 3.20. The zero-order chi connectivity index (χ0) is 16.2. The lowest BCUT2D eigenvalue weighted by atomic mass is 10.3. The molecule has 3 rings (SSSR count). The summed E-state index contributed by atoms with van der Waals surface area (Å²) < 4.78 is 1.78. The fraction of sp³-hybridized carbons (Fsp3) is 0.600. The summed E-state index contributed by atoms with van der Waals surface area (Å²) in [6.07, 6.45) is 3.61. The smallest absolute Gasteiger partial charge is 0.317 e. The largest absolute Gasteiger partial charge is 0.367 e. The van der Waals surface area contributed by atoms with Crippen LogP contribution in [0.3, 0.4) is 0 Å². The van der Waals surface area contributed by atoms with Crippen molar-refractivity contribution in [2.45, 2.75) is 26.7 Å². The van der Waals surface area contributed by atoms with E-state index in [1.165, 1.54) is 0 Å². The number of aromatic nitrogens is 4. The van der Waals surface area contributed by atoms with Gasteiger partial charge in [0.25, 0.3) is 0 Å². The number of amides is 2. The Morgan fingerprint density at radius 3 is 2.70 bits per heavy atom. The minimum atomic E-state index is 0.0325. The van der Waals surface area contributed by atoms with E-state index < -0.39 is 0 Å². The Labute approximate surface area is 135 Å². The number of carbonyl (C=O) groups excluding carboxylic acids is 1. The fourth-order valence-corrected chi connectivity index (χ4v) is 2.73. The maximum absolute atomic E-state index is 12.0. The third-order valence-electron chi connectivity index (χ3n) is 4.09. The van der Waals surface area contributed by atoms with Crippen molar-refractivity contribution >= 4 is 17.4 Å². The number of anilines is 1. The molecule has 1 N–H and O–H groups in total. The maximum atomic E-state index is 12.0. The first kappa shape index (κ1) is 15.5. The molecule has 23 heavy (non-hydrogen) atoms. The predicted octanol–water partition coefficient (Wildman–Crippen LogP) is 0.928. The maximum Gasteiger partial charge on any atom is 0.317 e. The van der Waals surface area contributed by atoms with Crippen molar-refractivity contribution in [1.29, 1.82) is 0 Å². The Balaban J connectivity index is 1.64. The van der Waals surface area contributed by atoms with Gasteiger partial charge in [-0.2, -0.15) is 9.61 Å². The Morgan fingerprint density at radius 1 is 1.22 bits per heavy atom. The summed E-state index contributed by atoms with van der Waals surface area (Å²) in [5, 5.41) is 15.7. The van der Waals surface area contributed by atoms with Crippen molar-refractivity contribution in [2.24, 2.45) is 0 Å². The molecule has 124 valence electrons. The molecule has 0 bridgehead atoms. The third-order valence-corrected chi connectivity index (χ3v) is 4.09. The van der Waals surface area contributed by atoms with Crippen molar-refractivity contribution in [2.75, 3.05) is 37.6 Å². The quantitative estimate of drug-likeness (QED) is 0.907. The van der Waals surface area contributed by atoms with Crippen molar-refractivity contribution in [1.82, 2.24) is 30.0 Å². The molecule has 0 saturated carbocycles. The summed E-state index contributed by atoms with van der Waals surface area (Å²) in [7, 11) is 0. The van der Waals surface area contributed by atoms with Crippen LogP contribution in [0.25, 0.3) is 5.65 Å². The summed E-state index contributed by atoms with van der Waals surface area (Å²) >= 11 is 0. The standard InChI is InChI=1S/C15H23N7O/c1-3-5-16-15(23)21-8-6-20(7-9-21)12-10-14-19-18-13(4-2)22(14)17-11-12/h10-11H,3-9H2,1-2H3,(H,16,23). The summed E-state index contributed by atoms with van der Waals surface area (Å²) in [4.78, 5) is 16.1. The second-order valence-corrected chi connectivity index (χ2v) is 5.66. The molecule has 8 heteroatoms. The molecule has 0 aromatic carbocycles. The van der Waals surface area contributed by atoms with Gasteiger partial charge in [-0.25, -0.2) is 4.79 Å². The molecule has 0 radical (unpaired) electrons. The first-order valence-electron chi connectivity index (χ1n) is 8.21. The number of hydrogen-bond donors (Lipinski definition) is 1. The van der Waals surface area contributed by atoms with Gasteiger partial charge < -0.3 is 15.1 Å². The lowest BCUT2D eigenvalue weighted by Crippen LogP contribution is -2.52. The summed E-state index contributed by atoms with van der Waals surface area (Å²) in [5.41, 5.74) is 1.80. The molecule has 3 heterocycles. The molecular formula is C15H23N7O. The van der Waals surface area contributed by atoms with E-state index in [0.717, 1.165) is 49.6 Å². The average Bonchev–Trinajstić information content (AvgIpc) is 3.02. The van der Waals surface area contributed by atoms with Crippen LogP contribution >= 0.6 is 0 Å². The van der Waals surface area contributed by atoms with E-state index in [1.54, 1.807) is 4.52 Å². The van der Waals surface area contributed by atoms with Gasteiger partial charge in [-0.15, -0.1) is 10.2 Å². The first-order valence-corrected chi connectivity index (χ1v) is 8.21. The number of rotatable bonds is 4. The normalized spacial score (nSPS) is 15.2. The molecule has 2 amide bonds. The molecule has 1 aliphatic rings. The molecule has 2 aromatic rings. The molecule has 8 nitrogen and oxygen atoms in total. The second kappa shape index (κ2) is 6.80. The van der Waals surface area contributed by atoms with Crippen LogP contribution in [0.1, 0.15) is 26.1 Å². The molecule has 0 aliphatic carbocycles. The highest BCUT2D eigenvalue weighted by atomic mass is 16.2. The van der Waals surface area contributed by atoms with Gasteiger partial charge in [0, 0.05) is 45.2 Å². The van der Waals surface area contributed by atoms with Crippen LogP contribution < -0.4 is 10.2 Å². The summed E-state index contributed by atoms with van der Waals surface area (Å²) in [6, 6.07) is 2.04. The minimum absolute atomic E-state index is 0.0325. The van der Waals surface area contributed by atoms with E-state index in [9.17, 15) is 4.79 Å². The Bertz CT molecular complexity index is 676. The zero-order valence-corrected chi connectivity index (χ0v) is 13.7. The number of carbonyl (C=O) groups is 1. The minimum Gasteiger partial charge on any atom is -0.367 e. The molecule has 1 aliphatic heterocycles. The average molecular weight is 317 g/mol. The Morgan fingerprint density at radius 2 is 2.00 bits per heavy atom. The van der Waals surface area contributed by atoms with E-state index in [1.807, 2.05) is 24.1 Å². The van der Waals surface area contributed by atoms with Gasteiger partial charge in [-0.1, -0.05) is 13.8 Å². The zero-order valence-electron chi connectivity index (χ0n) is 13.7. The molecular weight excluding hydrogens is 294 g/mol. The number of nitrogens with zero attached hydrogens (tertiary/aromatic N) is 6. The van der Waals surface area contributed by atoms with Gasteiger partial charge in [0.15, 0.2) is 11.5 Å². The summed E-state index contributed by atoms with van der Waals surface area (Å²) in [5.74, 6) is 0.865. The topological polar surface area (TPSA) is 78.7 Å². The fourth-order valence-electron chi connectivity index (χ4n) is 2.73. The van der Waals surface area contributed by atoms with Gasteiger partial charge in [-0.3, -0.25) is 0 Å². The molecule has 1 fully saturated rings. The number of hydrogen-bond acceptors (Lipinski definition) is 5.